The molecule has 3 aromatic rings. The minimum atomic E-state index is -0.271. The van der Waals surface area contributed by atoms with E-state index in [1.54, 1.807) is 31.4 Å². The molecule has 0 atom stereocenters. The zero-order chi connectivity index (χ0) is 16.2. The van der Waals surface area contributed by atoms with Gasteiger partial charge in [-0.25, -0.2) is 0 Å². The Kier molecular flexibility index (Phi) is 4.10. The summed E-state index contributed by atoms with van der Waals surface area (Å²) in [5.74, 6) is 0.913. The third-order valence-corrected chi connectivity index (χ3v) is 3.48. The summed E-state index contributed by atoms with van der Waals surface area (Å²) >= 11 is 0. The summed E-state index contributed by atoms with van der Waals surface area (Å²) in [7, 11) is 1.60. The van der Waals surface area contributed by atoms with Crippen LogP contribution in [0.3, 0.4) is 0 Å². The Morgan fingerprint density at radius 3 is 2.43 bits per heavy atom. The van der Waals surface area contributed by atoms with Crippen LogP contribution in [0.2, 0.25) is 0 Å². The number of ether oxygens (including phenoxy) is 1. The first-order valence-electron chi connectivity index (χ1n) is 7.14. The van der Waals surface area contributed by atoms with Crippen molar-refractivity contribution in [2.45, 2.75) is 6.92 Å². The molecule has 0 aliphatic rings. The number of anilines is 1. The van der Waals surface area contributed by atoms with Crippen LogP contribution in [0.4, 0.5) is 5.69 Å². The predicted molar refractivity (Wildman–Crippen MR) is 87.6 cm³/mol. The summed E-state index contributed by atoms with van der Waals surface area (Å²) in [4.78, 5) is 12.4. The number of aromatic nitrogens is 1. The van der Waals surface area contributed by atoms with Gasteiger partial charge in [-0.15, -0.1) is 0 Å². The molecule has 3 rings (SSSR count). The van der Waals surface area contributed by atoms with E-state index in [1.807, 2.05) is 31.2 Å². The fraction of sp³-hybridized carbons (Fsp3) is 0.111. The number of rotatable bonds is 4. The summed E-state index contributed by atoms with van der Waals surface area (Å²) in [5.41, 5.74) is 3.02. The molecule has 1 aromatic heterocycles. The SMILES string of the molecule is COc1ccc(NC(=O)c2cnoc2-c2ccc(C)cc2)cc1. The molecule has 1 amide bonds. The minimum absolute atomic E-state index is 0.271. The van der Waals surface area contributed by atoms with Crippen LogP contribution in [0.1, 0.15) is 15.9 Å². The van der Waals surface area contributed by atoms with Gasteiger partial charge in [0.2, 0.25) is 0 Å². The van der Waals surface area contributed by atoms with Gasteiger partial charge in [0, 0.05) is 11.3 Å². The van der Waals surface area contributed by atoms with Crippen LogP contribution >= 0.6 is 0 Å². The molecule has 5 heteroatoms. The molecule has 0 fully saturated rings. The lowest BCUT2D eigenvalue weighted by atomic mass is 10.1. The van der Waals surface area contributed by atoms with Crippen LogP contribution in [0.15, 0.2) is 59.3 Å². The summed E-state index contributed by atoms with van der Waals surface area (Å²) < 4.78 is 10.4. The van der Waals surface area contributed by atoms with Crippen molar-refractivity contribution >= 4 is 11.6 Å². The van der Waals surface area contributed by atoms with Crippen molar-refractivity contribution in [2.24, 2.45) is 0 Å². The van der Waals surface area contributed by atoms with Gasteiger partial charge in [0.1, 0.15) is 11.3 Å². The van der Waals surface area contributed by atoms with Crippen molar-refractivity contribution in [2.75, 3.05) is 12.4 Å². The van der Waals surface area contributed by atoms with Gasteiger partial charge in [0.15, 0.2) is 5.76 Å². The number of amides is 1. The number of nitrogens with one attached hydrogen (secondary N) is 1. The first kappa shape index (κ1) is 14.8. The molecule has 23 heavy (non-hydrogen) atoms. The third-order valence-electron chi connectivity index (χ3n) is 3.48. The largest absolute Gasteiger partial charge is 0.497 e. The van der Waals surface area contributed by atoms with Crippen molar-refractivity contribution in [1.29, 1.82) is 0 Å². The molecule has 2 aromatic carbocycles. The average Bonchev–Trinajstić information content (AvgIpc) is 3.06. The number of hydrogen-bond donors (Lipinski definition) is 1. The number of aryl methyl sites for hydroxylation is 1. The molecule has 0 saturated carbocycles. The van der Waals surface area contributed by atoms with E-state index >= 15 is 0 Å². The standard InChI is InChI=1S/C18H16N2O3/c1-12-3-5-13(6-4-12)17-16(11-19-23-17)18(21)20-14-7-9-15(22-2)10-8-14/h3-11H,1-2H3,(H,20,21). The van der Waals surface area contributed by atoms with Gasteiger partial charge < -0.3 is 14.6 Å². The maximum Gasteiger partial charge on any atom is 0.261 e. The van der Waals surface area contributed by atoms with Gasteiger partial charge in [0.05, 0.1) is 13.3 Å². The first-order chi connectivity index (χ1) is 11.2. The normalized spacial score (nSPS) is 10.3. The maximum atomic E-state index is 12.4. The van der Waals surface area contributed by atoms with Crippen molar-refractivity contribution in [3.63, 3.8) is 0 Å². The predicted octanol–water partition coefficient (Wildman–Crippen LogP) is 3.91. The molecule has 0 radical (unpaired) electrons. The lowest BCUT2D eigenvalue weighted by Crippen LogP contribution is -2.11. The molecule has 0 spiro atoms. The average molecular weight is 308 g/mol. The van der Waals surface area contributed by atoms with Gasteiger partial charge in [-0.3, -0.25) is 4.79 Å². The number of nitrogens with zero attached hydrogens (tertiary/aromatic N) is 1. The number of methoxy groups -OCH3 is 1. The lowest BCUT2D eigenvalue weighted by molar-refractivity contribution is 0.102. The monoisotopic (exact) mass is 308 g/mol. The molecular weight excluding hydrogens is 292 g/mol. The Hall–Kier alpha value is -3.08. The Morgan fingerprint density at radius 2 is 1.78 bits per heavy atom. The van der Waals surface area contributed by atoms with E-state index in [2.05, 4.69) is 10.5 Å². The molecular formula is C18H16N2O3. The van der Waals surface area contributed by atoms with Gasteiger partial charge in [0.25, 0.3) is 5.91 Å². The zero-order valence-electron chi connectivity index (χ0n) is 12.9. The van der Waals surface area contributed by atoms with Crippen molar-refractivity contribution in [3.8, 4) is 17.1 Å². The number of carbonyl (C=O) groups is 1. The van der Waals surface area contributed by atoms with Gasteiger partial charge in [-0.1, -0.05) is 35.0 Å². The number of hydrogen-bond acceptors (Lipinski definition) is 4. The lowest BCUT2D eigenvalue weighted by Gasteiger charge is -2.06. The van der Waals surface area contributed by atoms with Crippen LogP contribution in [-0.4, -0.2) is 18.2 Å². The van der Waals surface area contributed by atoms with Crippen molar-refractivity contribution in [3.05, 3.63) is 65.9 Å². The molecule has 0 unspecified atom stereocenters. The van der Waals surface area contributed by atoms with Crippen LogP contribution in [0, 0.1) is 6.92 Å². The molecule has 5 nitrogen and oxygen atoms in total. The molecule has 116 valence electrons. The fourth-order valence-corrected chi connectivity index (χ4v) is 2.19. The fourth-order valence-electron chi connectivity index (χ4n) is 2.19. The quantitative estimate of drug-likeness (QED) is 0.793. The van der Waals surface area contributed by atoms with Crippen LogP contribution in [-0.2, 0) is 0 Å². The second kappa shape index (κ2) is 6.36. The zero-order valence-corrected chi connectivity index (χ0v) is 12.9. The van der Waals surface area contributed by atoms with E-state index in [0.717, 1.165) is 16.9 Å². The Labute approximate surface area is 133 Å². The molecule has 0 aliphatic heterocycles. The number of carbonyl (C=O) groups excluding carboxylic acids is 1. The molecule has 0 bridgehead atoms. The van der Waals surface area contributed by atoms with Crippen molar-refractivity contribution in [1.82, 2.24) is 5.16 Å². The Morgan fingerprint density at radius 1 is 1.09 bits per heavy atom. The molecule has 0 saturated heterocycles. The van der Waals surface area contributed by atoms with Gasteiger partial charge in [-0.2, -0.15) is 0 Å². The Balaban J connectivity index is 1.82. The summed E-state index contributed by atoms with van der Waals surface area (Å²) in [5, 5.41) is 6.58. The molecule has 1 N–H and O–H groups in total. The molecule has 1 heterocycles. The van der Waals surface area contributed by atoms with E-state index < -0.39 is 0 Å². The highest BCUT2D eigenvalue weighted by atomic mass is 16.5. The van der Waals surface area contributed by atoms with E-state index in [9.17, 15) is 4.79 Å². The van der Waals surface area contributed by atoms with E-state index in [-0.39, 0.29) is 5.91 Å². The second-order valence-electron chi connectivity index (χ2n) is 5.12. The van der Waals surface area contributed by atoms with E-state index in [4.69, 9.17) is 9.26 Å². The summed E-state index contributed by atoms with van der Waals surface area (Å²) in [6, 6.07) is 14.8. The second-order valence-corrected chi connectivity index (χ2v) is 5.12. The highest BCUT2D eigenvalue weighted by molar-refractivity contribution is 6.07. The summed E-state index contributed by atoms with van der Waals surface area (Å²) in [6.45, 7) is 2.00. The highest BCUT2D eigenvalue weighted by Gasteiger charge is 2.18. The molecule has 0 aliphatic carbocycles. The van der Waals surface area contributed by atoms with Gasteiger partial charge in [-0.05, 0) is 31.2 Å². The van der Waals surface area contributed by atoms with Crippen molar-refractivity contribution < 1.29 is 14.1 Å². The van der Waals surface area contributed by atoms with Crippen LogP contribution in [0.25, 0.3) is 11.3 Å². The smallest absolute Gasteiger partial charge is 0.261 e. The summed E-state index contributed by atoms with van der Waals surface area (Å²) in [6.07, 6.45) is 1.42. The first-order valence-corrected chi connectivity index (χ1v) is 7.14. The highest BCUT2D eigenvalue weighted by Crippen LogP contribution is 2.25. The Bertz CT molecular complexity index is 805. The van der Waals surface area contributed by atoms with E-state index in [0.29, 0.717) is 17.0 Å². The third kappa shape index (κ3) is 3.23. The van der Waals surface area contributed by atoms with Crippen LogP contribution in [0.5, 0.6) is 5.75 Å². The van der Waals surface area contributed by atoms with Crippen LogP contribution < -0.4 is 10.1 Å². The maximum absolute atomic E-state index is 12.4. The minimum Gasteiger partial charge on any atom is -0.497 e. The topological polar surface area (TPSA) is 64.4 Å². The van der Waals surface area contributed by atoms with Gasteiger partial charge >= 0.3 is 0 Å². The van der Waals surface area contributed by atoms with E-state index in [1.165, 1.54) is 6.20 Å². The number of benzene rings is 2.